The largest absolute Gasteiger partial charge is 0.489 e. The molecule has 5 nitrogen and oxygen atoms in total. The second-order valence-electron chi connectivity index (χ2n) is 9.23. The summed E-state index contributed by atoms with van der Waals surface area (Å²) in [5.41, 5.74) is 5.90. The molecule has 0 saturated carbocycles. The summed E-state index contributed by atoms with van der Waals surface area (Å²) in [5.74, 6) is 0.571. The number of benzene rings is 2. The molecule has 0 spiro atoms. The van der Waals surface area contributed by atoms with Crippen LogP contribution in [-0.4, -0.2) is 47.6 Å². The minimum Gasteiger partial charge on any atom is -0.489 e. The van der Waals surface area contributed by atoms with Gasteiger partial charge in [0.15, 0.2) is 0 Å². The maximum absolute atomic E-state index is 12.8. The fourth-order valence-electron chi connectivity index (χ4n) is 4.62. The van der Waals surface area contributed by atoms with Crippen molar-refractivity contribution in [3.63, 3.8) is 0 Å². The molecule has 5 rings (SSSR count). The van der Waals surface area contributed by atoms with Crippen molar-refractivity contribution in [1.29, 1.82) is 0 Å². The van der Waals surface area contributed by atoms with Crippen LogP contribution in [0.15, 0.2) is 65.6 Å². The van der Waals surface area contributed by atoms with Gasteiger partial charge in [-0.15, -0.1) is 0 Å². The van der Waals surface area contributed by atoms with Crippen LogP contribution in [0.4, 0.5) is 0 Å². The number of piperazine rings is 1. The minimum absolute atomic E-state index is 0.0741. The topological polar surface area (TPSA) is 37.7 Å². The number of ether oxygens (including phenoxy) is 1. The molecule has 176 valence electrons. The fourth-order valence-corrected chi connectivity index (χ4v) is 4.74. The summed E-state index contributed by atoms with van der Waals surface area (Å²) in [6.45, 7) is 5.93. The number of nitrogens with zero attached hydrogens (tertiary/aromatic N) is 3. The van der Waals surface area contributed by atoms with E-state index in [1.54, 1.807) is 10.6 Å². The number of pyridine rings is 1. The molecule has 0 radical (unpaired) electrons. The molecule has 0 atom stereocenters. The number of halogens is 1. The molecule has 3 aromatic rings. The molecular weight excluding hydrogens is 446 g/mol. The van der Waals surface area contributed by atoms with E-state index in [-0.39, 0.29) is 5.56 Å². The van der Waals surface area contributed by atoms with Crippen molar-refractivity contribution < 1.29 is 4.74 Å². The third-order valence-corrected chi connectivity index (χ3v) is 6.95. The number of hydrogen-bond acceptors (Lipinski definition) is 4. The normalized spacial score (nSPS) is 16.7. The summed E-state index contributed by atoms with van der Waals surface area (Å²) in [6, 6.07) is 17.7. The van der Waals surface area contributed by atoms with E-state index in [1.165, 1.54) is 16.7 Å². The van der Waals surface area contributed by atoms with E-state index in [0.717, 1.165) is 56.8 Å². The lowest BCUT2D eigenvalue weighted by molar-refractivity contribution is 0.148. The Morgan fingerprint density at radius 1 is 0.912 bits per heavy atom. The molecule has 0 bridgehead atoms. The lowest BCUT2D eigenvalue weighted by Gasteiger charge is -2.32. The van der Waals surface area contributed by atoms with Crippen LogP contribution in [0.3, 0.4) is 0 Å². The van der Waals surface area contributed by atoms with E-state index in [0.29, 0.717) is 17.4 Å². The van der Waals surface area contributed by atoms with Crippen LogP contribution < -0.4 is 10.3 Å². The van der Waals surface area contributed by atoms with Gasteiger partial charge in [0.2, 0.25) is 0 Å². The highest BCUT2D eigenvalue weighted by molar-refractivity contribution is 6.30. The first-order chi connectivity index (χ1) is 16.5. The summed E-state index contributed by atoms with van der Waals surface area (Å²) >= 11 is 5.93. The molecule has 6 heteroatoms. The SMILES string of the molecule is CN1CCN(Cc2ccc3c(c2)CCC(n2ccc(OCc4ccc(Cl)cc4)cc2=O)=C3)CC1. The molecule has 0 unspecified atom stereocenters. The Labute approximate surface area is 205 Å². The Morgan fingerprint density at radius 2 is 1.68 bits per heavy atom. The van der Waals surface area contributed by atoms with Crippen LogP contribution in [0.25, 0.3) is 11.8 Å². The predicted octanol–water partition coefficient (Wildman–Crippen LogP) is 4.77. The Bertz CT molecular complexity index is 1240. The average Bonchev–Trinajstić information content (AvgIpc) is 2.85. The Hall–Kier alpha value is -2.86. The first-order valence-corrected chi connectivity index (χ1v) is 12.2. The third-order valence-electron chi connectivity index (χ3n) is 6.70. The van der Waals surface area contributed by atoms with Crippen molar-refractivity contribution in [2.45, 2.75) is 26.0 Å². The highest BCUT2D eigenvalue weighted by Crippen LogP contribution is 2.28. The number of hydrogen-bond donors (Lipinski definition) is 0. The summed E-state index contributed by atoms with van der Waals surface area (Å²) in [4.78, 5) is 17.7. The second-order valence-corrected chi connectivity index (χ2v) is 9.67. The summed E-state index contributed by atoms with van der Waals surface area (Å²) in [7, 11) is 2.19. The molecule has 2 aliphatic rings. The number of fused-ring (bicyclic) bond motifs is 1. The van der Waals surface area contributed by atoms with E-state index in [1.807, 2.05) is 36.5 Å². The molecule has 0 amide bonds. The fraction of sp³-hybridized carbons (Fsp3) is 0.321. The number of rotatable bonds is 6. The van der Waals surface area contributed by atoms with Crippen molar-refractivity contribution >= 4 is 23.4 Å². The molecule has 0 N–H and O–H groups in total. The van der Waals surface area contributed by atoms with Gasteiger partial charge in [-0.25, -0.2) is 0 Å². The first-order valence-electron chi connectivity index (χ1n) is 11.9. The third kappa shape index (κ3) is 5.44. The number of allylic oxidation sites excluding steroid dienone is 1. The van der Waals surface area contributed by atoms with Crippen LogP contribution in [0, 0.1) is 0 Å². The summed E-state index contributed by atoms with van der Waals surface area (Å²) < 4.78 is 7.54. The zero-order valence-electron chi connectivity index (χ0n) is 19.5. The van der Waals surface area contributed by atoms with E-state index in [2.05, 4.69) is 41.1 Å². The van der Waals surface area contributed by atoms with Crippen molar-refractivity contribution in [3.8, 4) is 5.75 Å². The zero-order chi connectivity index (χ0) is 23.5. The standard InChI is InChI=1S/C28H30ClN3O2/c1-30-12-14-31(15-13-30)19-22-2-5-24-17-26(9-6-23(24)16-22)32-11-10-27(18-28(32)33)34-20-21-3-7-25(29)8-4-21/h2-5,7-8,10-11,16-18H,6,9,12-15,19-20H2,1H3. The molecule has 1 aromatic heterocycles. The molecule has 1 fully saturated rings. The van der Waals surface area contributed by atoms with E-state index in [9.17, 15) is 4.79 Å². The number of aryl methyl sites for hydroxylation is 1. The molecular formula is C28H30ClN3O2. The van der Waals surface area contributed by atoms with Crippen LogP contribution in [0.5, 0.6) is 5.75 Å². The molecule has 34 heavy (non-hydrogen) atoms. The minimum atomic E-state index is -0.0741. The van der Waals surface area contributed by atoms with Gasteiger partial charge in [0, 0.05) is 55.7 Å². The van der Waals surface area contributed by atoms with Crippen molar-refractivity contribution in [3.05, 3.63) is 98.4 Å². The molecule has 2 heterocycles. The lowest BCUT2D eigenvalue weighted by Crippen LogP contribution is -2.43. The van der Waals surface area contributed by atoms with Gasteiger partial charge in [-0.05, 0) is 66.4 Å². The van der Waals surface area contributed by atoms with Crippen molar-refractivity contribution in [2.24, 2.45) is 0 Å². The van der Waals surface area contributed by atoms with Crippen LogP contribution >= 0.6 is 11.6 Å². The maximum Gasteiger partial charge on any atom is 0.258 e. The molecule has 1 saturated heterocycles. The van der Waals surface area contributed by atoms with Crippen LogP contribution in [-0.2, 0) is 19.6 Å². The highest BCUT2D eigenvalue weighted by atomic mass is 35.5. The molecule has 1 aliphatic heterocycles. The van der Waals surface area contributed by atoms with Gasteiger partial charge in [-0.3, -0.25) is 14.3 Å². The number of likely N-dealkylation sites (N-methyl/N-ethyl adjacent to an activating group) is 1. The zero-order valence-corrected chi connectivity index (χ0v) is 20.3. The Balaban J connectivity index is 1.26. The second kappa shape index (κ2) is 10.2. The highest BCUT2D eigenvalue weighted by Gasteiger charge is 2.17. The smallest absolute Gasteiger partial charge is 0.258 e. The molecule has 2 aromatic carbocycles. The van der Waals surface area contributed by atoms with Gasteiger partial charge in [0.1, 0.15) is 12.4 Å². The molecule has 1 aliphatic carbocycles. The van der Waals surface area contributed by atoms with Crippen LogP contribution in [0.1, 0.15) is 28.7 Å². The van der Waals surface area contributed by atoms with Crippen molar-refractivity contribution in [2.75, 3.05) is 33.2 Å². The summed E-state index contributed by atoms with van der Waals surface area (Å²) in [5, 5.41) is 0.694. The van der Waals surface area contributed by atoms with Gasteiger partial charge in [0.05, 0.1) is 0 Å². The van der Waals surface area contributed by atoms with Crippen LogP contribution in [0.2, 0.25) is 5.02 Å². The van der Waals surface area contributed by atoms with E-state index in [4.69, 9.17) is 16.3 Å². The Kier molecular flexibility index (Phi) is 6.86. The van der Waals surface area contributed by atoms with Gasteiger partial charge >= 0.3 is 0 Å². The van der Waals surface area contributed by atoms with Gasteiger partial charge in [-0.1, -0.05) is 41.9 Å². The van der Waals surface area contributed by atoms with Gasteiger partial charge in [-0.2, -0.15) is 0 Å². The van der Waals surface area contributed by atoms with E-state index < -0.39 is 0 Å². The quantitative estimate of drug-likeness (QED) is 0.514. The average molecular weight is 476 g/mol. The lowest BCUT2D eigenvalue weighted by atomic mass is 9.93. The van der Waals surface area contributed by atoms with Crippen molar-refractivity contribution in [1.82, 2.24) is 14.4 Å². The monoisotopic (exact) mass is 475 g/mol. The number of aromatic nitrogens is 1. The first kappa shape index (κ1) is 22.9. The maximum atomic E-state index is 12.8. The summed E-state index contributed by atoms with van der Waals surface area (Å²) in [6.07, 6.45) is 5.75. The predicted molar refractivity (Wildman–Crippen MR) is 138 cm³/mol. The van der Waals surface area contributed by atoms with E-state index >= 15 is 0 Å². The van der Waals surface area contributed by atoms with Gasteiger partial charge < -0.3 is 9.64 Å². The Morgan fingerprint density at radius 3 is 2.44 bits per heavy atom. The van der Waals surface area contributed by atoms with Gasteiger partial charge in [0.25, 0.3) is 5.56 Å².